The third-order valence-corrected chi connectivity index (χ3v) is 11.5. The Labute approximate surface area is 300 Å². The number of nitrogens with zero attached hydrogens (tertiary/aromatic N) is 2. The Balaban J connectivity index is 1.00. The van der Waals surface area contributed by atoms with Crippen LogP contribution in [-0.4, -0.2) is 65.2 Å². The van der Waals surface area contributed by atoms with Crippen LogP contribution in [0.2, 0.25) is 0 Å². The van der Waals surface area contributed by atoms with Crippen LogP contribution in [0.3, 0.4) is 0 Å². The van der Waals surface area contributed by atoms with Gasteiger partial charge in [0, 0.05) is 37.0 Å². The number of hydrogen-bond donors (Lipinski definition) is 1. The molecule has 0 saturated carbocycles. The number of aromatic hydroxyl groups is 1. The van der Waals surface area contributed by atoms with Crippen molar-refractivity contribution in [1.82, 2.24) is 9.80 Å². The van der Waals surface area contributed by atoms with Crippen molar-refractivity contribution < 1.29 is 24.2 Å². The molecule has 0 radical (unpaired) electrons. The zero-order chi connectivity index (χ0) is 34.9. The molecule has 0 bridgehead atoms. The second kappa shape index (κ2) is 14.5. The Morgan fingerprint density at radius 1 is 0.863 bits per heavy atom. The van der Waals surface area contributed by atoms with Gasteiger partial charge < -0.3 is 14.6 Å². The summed E-state index contributed by atoms with van der Waals surface area (Å²) < 4.78 is 12.9. The van der Waals surface area contributed by atoms with Gasteiger partial charge in [-0.25, -0.2) is 0 Å². The summed E-state index contributed by atoms with van der Waals surface area (Å²) in [4.78, 5) is 32.6. The molecule has 4 aromatic rings. The van der Waals surface area contributed by atoms with Crippen LogP contribution in [-0.2, 0) is 20.9 Å². The molecule has 3 heterocycles. The Morgan fingerprint density at radius 3 is 2.33 bits per heavy atom. The van der Waals surface area contributed by atoms with E-state index < -0.39 is 0 Å². The molecule has 7 nitrogen and oxygen atoms in total. The van der Waals surface area contributed by atoms with Gasteiger partial charge in [-0.2, -0.15) is 0 Å². The van der Waals surface area contributed by atoms with E-state index in [2.05, 4.69) is 42.2 Å². The number of ether oxygens (including phenoxy) is 2. The second-order valence-corrected chi connectivity index (χ2v) is 14.7. The van der Waals surface area contributed by atoms with Crippen molar-refractivity contribution >= 4 is 28.7 Å². The van der Waals surface area contributed by atoms with Crippen LogP contribution in [0.4, 0.5) is 0 Å². The number of allylic oxidation sites excluding steroid dienone is 1. The lowest BCUT2D eigenvalue weighted by Gasteiger charge is -2.36. The molecule has 1 aliphatic carbocycles. The molecule has 2 amide bonds. The molecule has 0 aromatic heterocycles. The largest absolute Gasteiger partial charge is 0.507 e. The molecular formula is C44H46N2O5. The Kier molecular flexibility index (Phi) is 9.50. The van der Waals surface area contributed by atoms with Crippen molar-refractivity contribution in [2.45, 2.75) is 57.7 Å². The van der Waals surface area contributed by atoms with E-state index in [4.69, 9.17) is 9.47 Å². The second-order valence-electron chi connectivity index (χ2n) is 14.7. The maximum Gasteiger partial charge on any atom is 0.234 e. The highest BCUT2D eigenvalue weighted by molar-refractivity contribution is 6.06. The van der Waals surface area contributed by atoms with Crippen LogP contribution >= 0.6 is 0 Å². The van der Waals surface area contributed by atoms with Crippen LogP contribution in [0.1, 0.15) is 50.2 Å². The highest BCUT2D eigenvalue weighted by Gasteiger charge is 2.58. The average molecular weight is 683 g/mol. The number of piperidine rings is 1. The predicted octanol–water partition coefficient (Wildman–Crippen LogP) is 7.79. The van der Waals surface area contributed by atoms with Gasteiger partial charge in [-0.3, -0.25) is 19.4 Å². The van der Waals surface area contributed by atoms with Gasteiger partial charge in [0.2, 0.25) is 11.8 Å². The average Bonchev–Trinajstić information content (AvgIpc) is 3.70. The summed E-state index contributed by atoms with van der Waals surface area (Å²) >= 11 is 0. The predicted molar refractivity (Wildman–Crippen MR) is 199 cm³/mol. The van der Waals surface area contributed by atoms with Crippen LogP contribution < -0.4 is 4.74 Å². The minimum atomic E-state index is -0.375. The summed E-state index contributed by atoms with van der Waals surface area (Å²) in [6.45, 7) is 5.59. The minimum absolute atomic E-state index is 0.00317. The maximum atomic E-state index is 14.3. The van der Waals surface area contributed by atoms with Crippen LogP contribution in [0.15, 0.2) is 114 Å². The number of carbonyl (C=O) groups excluding carboxylic acids is 2. The topological polar surface area (TPSA) is 79.3 Å². The fourth-order valence-corrected chi connectivity index (χ4v) is 8.98. The molecule has 0 spiro atoms. The molecule has 262 valence electrons. The number of para-hydroxylation sites is 1. The van der Waals surface area contributed by atoms with Gasteiger partial charge in [-0.15, -0.1) is 0 Å². The molecule has 3 fully saturated rings. The van der Waals surface area contributed by atoms with Crippen LogP contribution in [0.25, 0.3) is 16.8 Å². The molecule has 3 aliphatic heterocycles. The number of phenols is 1. The number of phenolic OH excluding ortho intramolecular Hbond substituents is 1. The summed E-state index contributed by atoms with van der Waals surface area (Å²) in [6.07, 6.45) is 5.80. The van der Waals surface area contributed by atoms with E-state index in [9.17, 15) is 14.7 Å². The van der Waals surface area contributed by atoms with E-state index in [1.165, 1.54) is 16.7 Å². The van der Waals surface area contributed by atoms with Crippen molar-refractivity contribution in [3.05, 3.63) is 125 Å². The summed E-state index contributed by atoms with van der Waals surface area (Å²) in [5.74, 6) is 0.203. The van der Waals surface area contributed by atoms with E-state index in [1.807, 2.05) is 66.7 Å². The molecule has 0 unspecified atom stereocenters. The number of likely N-dealkylation sites (tertiary alicyclic amines) is 2. The SMILES string of the molecule is C/C(=C\c1ccc(O)c2ccccc12)CC[C@H]1OC[C@H]2C1=C(COc1ccccc1)C[C@H]1C(=O)N(C3CCN(Cc4ccccc4)CC3)C(=O)[C@H]12. The number of rotatable bonds is 10. The van der Waals surface area contributed by atoms with E-state index >= 15 is 0 Å². The number of carbonyl (C=O) groups is 2. The van der Waals surface area contributed by atoms with E-state index in [0.29, 0.717) is 19.6 Å². The third kappa shape index (κ3) is 6.73. The first kappa shape index (κ1) is 33.4. The molecule has 8 rings (SSSR count). The van der Waals surface area contributed by atoms with Gasteiger partial charge in [0.1, 0.15) is 18.1 Å². The van der Waals surface area contributed by atoms with Crippen LogP contribution in [0.5, 0.6) is 11.5 Å². The normalized spacial score (nSPS) is 24.3. The number of fused-ring (bicyclic) bond motifs is 4. The van der Waals surface area contributed by atoms with Gasteiger partial charge in [0.05, 0.1) is 24.5 Å². The van der Waals surface area contributed by atoms with Crippen molar-refractivity contribution in [2.75, 3.05) is 26.3 Å². The van der Waals surface area contributed by atoms with Gasteiger partial charge >= 0.3 is 0 Å². The lowest BCUT2D eigenvalue weighted by atomic mass is 9.69. The molecular weight excluding hydrogens is 636 g/mol. The number of hydrogen-bond acceptors (Lipinski definition) is 6. The quantitative estimate of drug-likeness (QED) is 0.136. The number of benzene rings is 4. The Morgan fingerprint density at radius 2 is 1.57 bits per heavy atom. The monoisotopic (exact) mass is 682 g/mol. The summed E-state index contributed by atoms with van der Waals surface area (Å²) in [5, 5.41) is 12.2. The molecule has 51 heavy (non-hydrogen) atoms. The lowest BCUT2D eigenvalue weighted by molar-refractivity contribution is -0.144. The van der Waals surface area contributed by atoms with E-state index in [0.717, 1.165) is 73.0 Å². The van der Waals surface area contributed by atoms with Gasteiger partial charge in [-0.05, 0) is 84.9 Å². The molecule has 4 atom stereocenters. The lowest BCUT2D eigenvalue weighted by Crippen LogP contribution is -2.47. The highest BCUT2D eigenvalue weighted by Crippen LogP contribution is 2.50. The zero-order valence-electron chi connectivity index (χ0n) is 29.2. The van der Waals surface area contributed by atoms with Gasteiger partial charge in [0.25, 0.3) is 0 Å². The smallest absolute Gasteiger partial charge is 0.234 e. The van der Waals surface area contributed by atoms with Gasteiger partial charge in [0.15, 0.2) is 0 Å². The molecule has 1 N–H and O–H groups in total. The summed E-state index contributed by atoms with van der Waals surface area (Å²) in [6, 6.07) is 31.9. The Hall–Kier alpha value is -4.72. The van der Waals surface area contributed by atoms with Crippen molar-refractivity contribution in [3.63, 3.8) is 0 Å². The Bertz CT molecular complexity index is 1960. The van der Waals surface area contributed by atoms with Crippen molar-refractivity contribution in [2.24, 2.45) is 17.8 Å². The van der Waals surface area contributed by atoms with Gasteiger partial charge in [-0.1, -0.05) is 90.5 Å². The van der Waals surface area contributed by atoms with Crippen LogP contribution in [0, 0.1) is 17.8 Å². The highest BCUT2D eigenvalue weighted by atomic mass is 16.5. The van der Waals surface area contributed by atoms with Crippen molar-refractivity contribution in [3.8, 4) is 11.5 Å². The summed E-state index contributed by atoms with van der Waals surface area (Å²) in [5.41, 5.74) is 5.86. The standard InChI is InChI=1S/C44H46N2O5/c1-29(24-31-17-18-39(47)36-15-9-8-14-35(31)36)16-19-40-41-32(27-50-34-12-6-3-7-13-34)25-37-42(38(41)28-51-40)44(49)46(43(37)48)33-20-22-45(23-21-33)26-30-10-4-2-5-11-30/h2-15,17-18,24,33,37-38,40,42,47H,16,19-23,25-28H2,1H3/b29-24+/t37-,38+,40-,42-/m1/s1. The fourth-order valence-electron chi connectivity index (χ4n) is 8.98. The first-order valence-corrected chi connectivity index (χ1v) is 18.5. The molecule has 3 saturated heterocycles. The zero-order valence-corrected chi connectivity index (χ0v) is 29.2. The molecule has 7 heteroatoms. The summed E-state index contributed by atoms with van der Waals surface area (Å²) in [7, 11) is 0. The number of amides is 2. The first-order chi connectivity index (χ1) is 24.9. The number of imide groups is 1. The third-order valence-electron chi connectivity index (χ3n) is 11.5. The maximum absolute atomic E-state index is 14.3. The van der Waals surface area contributed by atoms with E-state index in [1.54, 1.807) is 11.0 Å². The first-order valence-electron chi connectivity index (χ1n) is 18.5. The molecule has 4 aromatic carbocycles. The van der Waals surface area contributed by atoms with E-state index in [-0.39, 0.29) is 47.5 Å². The fraction of sp³-hybridized carbons (Fsp3) is 0.364. The minimum Gasteiger partial charge on any atom is -0.507 e. The van der Waals surface area contributed by atoms with Crippen molar-refractivity contribution in [1.29, 1.82) is 0 Å². The molecule has 4 aliphatic rings.